The minimum atomic E-state index is -0.0345. The third-order valence-corrected chi connectivity index (χ3v) is 6.11. The van der Waals surface area contributed by atoms with Crippen molar-refractivity contribution in [2.45, 2.75) is 31.4 Å². The van der Waals surface area contributed by atoms with Gasteiger partial charge in [-0.15, -0.1) is 0 Å². The van der Waals surface area contributed by atoms with Gasteiger partial charge in [0, 0.05) is 37.1 Å². The minimum Gasteiger partial charge on any atom is -0.355 e. The molecular formula is C18H24N2O2S. The number of amides is 2. The number of carbonyl (C=O) groups is 2. The molecule has 2 aliphatic heterocycles. The molecule has 2 aliphatic rings. The lowest BCUT2D eigenvalue weighted by Gasteiger charge is -2.28. The maximum atomic E-state index is 12.7. The molecule has 4 nitrogen and oxygen atoms in total. The van der Waals surface area contributed by atoms with Crippen LogP contribution in [0.1, 0.15) is 35.6 Å². The lowest BCUT2D eigenvalue weighted by atomic mass is 9.97. The number of rotatable bonds is 2. The lowest BCUT2D eigenvalue weighted by Crippen LogP contribution is -2.45. The summed E-state index contributed by atoms with van der Waals surface area (Å²) in [7, 11) is 0. The molecule has 1 aromatic rings. The van der Waals surface area contributed by atoms with E-state index in [4.69, 9.17) is 0 Å². The van der Waals surface area contributed by atoms with Crippen LogP contribution < -0.4 is 5.32 Å². The molecule has 0 bridgehead atoms. The van der Waals surface area contributed by atoms with Crippen LogP contribution in [0.2, 0.25) is 0 Å². The van der Waals surface area contributed by atoms with Gasteiger partial charge in [-0.05, 0) is 30.9 Å². The maximum absolute atomic E-state index is 12.7. The summed E-state index contributed by atoms with van der Waals surface area (Å²) < 4.78 is 0. The number of aryl methyl sites for hydroxylation is 1. The summed E-state index contributed by atoms with van der Waals surface area (Å²) in [4.78, 5) is 26.0. The molecule has 2 atom stereocenters. The first-order valence-corrected chi connectivity index (χ1v) is 9.42. The number of piperidine rings is 1. The van der Waals surface area contributed by atoms with Gasteiger partial charge in [0.1, 0.15) is 0 Å². The zero-order valence-electron chi connectivity index (χ0n) is 13.6. The predicted molar refractivity (Wildman–Crippen MR) is 93.3 cm³/mol. The zero-order valence-corrected chi connectivity index (χ0v) is 14.4. The van der Waals surface area contributed by atoms with Crippen LogP contribution in [0.15, 0.2) is 24.3 Å². The first kappa shape index (κ1) is 16.4. The Labute approximate surface area is 142 Å². The number of hydrogen-bond acceptors (Lipinski definition) is 3. The number of carbonyl (C=O) groups excluding carboxylic acids is 2. The van der Waals surface area contributed by atoms with Crippen LogP contribution in [0, 0.1) is 12.8 Å². The van der Waals surface area contributed by atoms with E-state index in [1.54, 1.807) is 0 Å². The van der Waals surface area contributed by atoms with E-state index in [9.17, 15) is 9.59 Å². The van der Waals surface area contributed by atoms with Gasteiger partial charge in [0.2, 0.25) is 11.8 Å². The third-order valence-electron chi connectivity index (χ3n) is 4.80. The molecule has 0 spiro atoms. The Morgan fingerprint density at radius 3 is 2.83 bits per heavy atom. The molecule has 0 aromatic heterocycles. The zero-order chi connectivity index (χ0) is 16.2. The van der Waals surface area contributed by atoms with Gasteiger partial charge in [-0.2, -0.15) is 11.8 Å². The van der Waals surface area contributed by atoms with Gasteiger partial charge in [-0.1, -0.05) is 24.3 Å². The van der Waals surface area contributed by atoms with E-state index in [0.29, 0.717) is 24.6 Å². The number of benzene rings is 1. The van der Waals surface area contributed by atoms with Gasteiger partial charge in [0.05, 0.1) is 5.92 Å². The third kappa shape index (κ3) is 3.89. The normalized spacial score (nSPS) is 25.6. The molecule has 23 heavy (non-hydrogen) atoms. The van der Waals surface area contributed by atoms with E-state index in [1.165, 1.54) is 11.1 Å². The van der Waals surface area contributed by atoms with Crippen molar-refractivity contribution in [1.82, 2.24) is 10.2 Å². The molecule has 2 saturated heterocycles. The monoisotopic (exact) mass is 332 g/mol. The Hall–Kier alpha value is -1.49. The van der Waals surface area contributed by atoms with E-state index in [1.807, 2.05) is 16.7 Å². The molecule has 5 heteroatoms. The largest absolute Gasteiger partial charge is 0.355 e. The molecule has 0 aliphatic carbocycles. The molecule has 2 amide bonds. The smallest absolute Gasteiger partial charge is 0.227 e. The van der Waals surface area contributed by atoms with Crippen LogP contribution in [-0.4, -0.2) is 42.1 Å². The molecule has 124 valence electrons. The van der Waals surface area contributed by atoms with E-state index in [0.717, 1.165) is 25.3 Å². The maximum Gasteiger partial charge on any atom is 0.227 e. The van der Waals surface area contributed by atoms with Crippen LogP contribution >= 0.6 is 11.8 Å². The van der Waals surface area contributed by atoms with Crippen LogP contribution in [0.3, 0.4) is 0 Å². The Morgan fingerprint density at radius 1 is 1.26 bits per heavy atom. The van der Waals surface area contributed by atoms with Crippen molar-refractivity contribution >= 4 is 23.6 Å². The quantitative estimate of drug-likeness (QED) is 0.905. The van der Waals surface area contributed by atoms with E-state index >= 15 is 0 Å². The highest BCUT2D eigenvalue weighted by Gasteiger charge is 2.30. The summed E-state index contributed by atoms with van der Waals surface area (Å²) in [5, 5.41) is 3.29. The second kappa shape index (κ2) is 7.39. The lowest BCUT2D eigenvalue weighted by molar-refractivity contribution is -0.137. The Morgan fingerprint density at radius 2 is 2.09 bits per heavy atom. The van der Waals surface area contributed by atoms with Crippen LogP contribution in [-0.2, 0) is 9.59 Å². The standard InChI is InChI=1S/C18H24N2O2S/c1-13-4-2-3-5-15(13)16-8-9-20(10-11-23-16)18(22)14-6-7-17(21)19-12-14/h2-5,14,16H,6-12H2,1H3,(H,19,21). The molecule has 0 saturated carbocycles. The fourth-order valence-electron chi connectivity index (χ4n) is 3.39. The highest BCUT2D eigenvalue weighted by Crippen LogP contribution is 2.36. The fraction of sp³-hybridized carbons (Fsp3) is 0.556. The minimum absolute atomic E-state index is 0.0345. The first-order valence-electron chi connectivity index (χ1n) is 8.38. The van der Waals surface area contributed by atoms with Gasteiger partial charge in [0.25, 0.3) is 0 Å². The molecule has 0 radical (unpaired) electrons. The van der Waals surface area contributed by atoms with Crippen molar-refractivity contribution in [2.75, 3.05) is 25.4 Å². The highest BCUT2D eigenvalue weighted by atomic mass is 32.2. The average Bonchev–Trinajstić information content (AvgIpc) is 2.81. The number of nitrogens with zero attached hydrogens (tertiary/aromatic N) is 1. The summed E-state index contributed by atoms with van der Waals surface area (Å²) in [6.45, 7) is 4.29. The van der Waals surface area contributed by atoms with Gasteiger partial charge in [-0.3, -0.25) is 9.59 Å². The number of thioether (sulfide) groups is 1. The SMILES string of the molecule is Cc1ccccc1C1CCN(C(=O)C2CCC(=O)NC2)CCS1. The second-order valence-corrected chi connectivity index (χ2v) is 7.68. The predicted octanol–water partition coefficient (Wildman–Crippen LogP) is 2.53. The molecule has 2 heterocycles. The van der Waals surface area contributed by atoms with Gasteiger partial charge in [-0.25, -0.2) is 0 Å². The summed E-state index contributed by atoms with van der Waals surface area (Å²) >= 11 is 1.96. The molecule has 1 aromatic carbocycles. The van der Waals surface area contributed by atoms with Crippen molar-refractivity contribution in [2.24, 2.45) is 5.92 Å². The summed E-state index contributed by atoms with van der Waals surface area (Å²) in [6, 6.07) is 8.55. The topological polar surface area (TPSA) is 49.4 Å². The average molecular weight is 332 g/mol. The molecule has 2 unspecified atom stereocenters. The molecule has 2 fully saturated rings. The van der Waals surface area contributed by atoms with Crippen molar-refractivity contribution in [3.63, 3.8) is 0 Å². The highest BCUT2D eigenvalue weighted by molar-refractivity contribution is 7.99. The Bertz CT molecular complexity index is 580. The van der Waals surface area contributed by atoms with Gasteiger partial charge < -0.3 is 10.2 Å². The number of hydrogen-bond donors (Lipinski definition) is 1. The van der Waals surface area contributed by atoms with E-state index < -0.39 is 0 Å². The number of nitrogens with one attached hydrogen (secondary N) is 1. The fourth-order valence-corrected chi connectivity index (χ4v) is 4.72. The Kier molecular flexibility index (Phi) is 5.26. The van der Waals surface area contributed by atoms with Crippen molar-refractivity contribution in [1.29, 1.82) is 0 Å². The van der Waals surface area contributed by atoms with Gasteiger partial charge in [0.15, 0.2) is 0 Å². The van der Waals surface area contributed by atoms with E-state index in [-0.39, 0.29) is 17.7 Å². The molecule has 1 N–H and O–H groups in total. The molecule has 3 rings (SSSR count). The molecular weight excluding hydrogens is 308 g/mol. The second-order valence-electron chi connectivity index (χ2n) is 6.37. The van der Waals surface area contributed by atoms with Gasteiger partial charge >= 0.3 is 0 Å². The van der Waals surface area contributed by atoms with Crippen LogP contribution in [0.4, 0.5) is 0 Å². The summed E-state index contributed by atoms with van der Waals surface area (Å²) in [5.41, 5.74) is 2.73. The van der Waals surface area contributed by atoms with Crippen LogP contribution in [0.5, 0.6) is 0 Å². The van der Waals surface area contributed by atoms with Crippen LogP contribution in [0.25, 0.3) is 0 Å². The van der Waals surface area contributed by atoms with E-state index in [2.05, 4.69) is 36.5 Å². The van der Waals surface area contributed by atoms with Crippen molar-refractivity contribution in [3.8, 4) is 0 Å². The summed E-state index contributed by atoms with van der Waals surface area (Å²) in [6.07, 6.45) is 2.17. The van der Waals surface area contributed by atoms with Crippen molar-refractivity contribution < 1.29 is 9.59 Å². The first-order chi connectivity index (χ1) is 11.1. The Balaban J connectivity index is 1.61. The summed E-state index contributed by atoms with van der Waals surface area (Å²) in [5.74, 6) is 1.23. The van der Waals surface area contributed by atoms with Crippen molar-refractivity contribution in [3.05, 3.63) is 35.4 Å².